The molecule has 0 unspecified atom stereocenters. The molecule has 0 saturated heterocycles. The zero-order valence-electron chi connectivity index (χ0n) is 15.5. The first kappa shape index (κ1) is 20.8. The lowest BCUT2D eigenvalue weighted by Gasteiger charge is -2.14. The van der Waals surface area contributed by atoms with Gasteiger partial charge < -0.3 is 19.7 Å². The van der Waals surface area contributed by atoms with Crippen LogP contribution in [-0.4, -0.2) is 39.2 Å². The molecule has 0 atom stereocenters. The predicted octanol–water partition coefficient (Wildman–Crippen LogP) is 4.62. The normalized spacial score (nSPS) is 11.0. The monoisotopic (exact) mass is 396 g/mol. The third-order valence-electron chi connectivity index (χ3n) is 3.91. The van der Waals surface area contributed by atoms with Crippen LogP contribution in [0, 0.1) is 0 Å². The lowest BCUT2D eigenvalue weighted by molar-refractivity contribution is 0.284. The van der Waals surface area contributed by atoms with E-state index < -0.39 is 0 Å². The molecular formula is C20H26Cl2N2O2. The van der Waals surface area contributed by atoms with Crippen LogP contribution in [0.4, 0.5) is 0 Å². The average Bonchev–Trinajstić information content (AvgIpc) is 2.61. The highest BCUT2D eigenvalue weighted by atomic mass is 35.5. The van der Waals surface area contributed by atoms with Crippen LogP contribution in [0.5, 0.6) is 11.5 Å². The summed E-state index contributed by atoms with van der Waals surface area (Å²) in [6, 6.07) is 11.3. The maximum atomic E-state index is 6.19. The van der Waals surface area contributed by atoms with Gasteiger partial charge in [0.25, 0.3) is 0 Å². The molecule has 2 aromatic rings. The van der Waals surface area contributed by atoms with E-state index in [-0.39, 0.29) is 0 Å². The largest absolute Gasteiger partial charge is 0.493 e. The quantitative estimate of drug-likeness (QED) is 0.593. The third-order valence-corrected chi connectivity index (χ3v) is 4.50. The molecule has 0 bridgehead atoms. The molecule has 2 aromatic carbocycles. The molecule has 6 heteroatoms. The van der Waals surface area contributed by atoms with Gasteiger partial charge in [0.15, 0.2) is 11.5 Å². The number of benzene rings is 2. The minimum atomic E-state index is 0.356. The highest BCUT2D eigenvalue weighted by Gasteiger charge is 2.08. The molecule has 0 aliphatic rings. The highest BCUT2D eigenvalue weighted by Crippen LogP contribution is 2.30. The molecule has 0 aromatic heterocycles. The molecule has 26 heavy (non-hydrogen) atoms. The van der Waals surface area contributed by atoms with E-state index in [9.17, 15) is 0 Å². The second-order valence-electron chi connectivity index (χ2n) is 6.34. The van der Waals surface area contributed by atoms with Crippen molar-refractivity contribution in [3.63, 3.8) is 0 Å². The molecule has 0 radical (unpaired) electrons. The smallest absolute Gasteiger partial charge is 0.161 e. The van der Waals surface area contributed by atoms with Crippen LogP contribution in [0.1, 0.15) is 17.5 Å². The molecule has 0 saturated carbocycles. The molecule has 4 nitrogen and oxygen atoms in total. The molecule has 0 fully saturated rings. The Morgan fingerprint density at radius 2 is 1.85 bits per heavy atom. The Kier molecular flexibility index (Phi) is 8.52. The van der Waals surface area contributed by atoms with Gasteiger partial charge in [0.2, 0.25) is 0 Å². The van der Waals surface area contributed by atoms with E-state index in [4.69, 9.17) is 32.7 Å². The number of rotatable bonds is 10. The van der Waals surface area contributed by atoms with Crippen LogP contribution in [0.3, 0.4) is 0 Å². The van der Waals surface area contributed by atoms with Gasteiger partial charge in [-0.2, -0.15) is 0 Å². The number of nitrogens with zero attached hydrogens (tertiary/aromatic N) is 1. The second kappa shape index (κ2) is 10.6. The lowest BCUT2D eigenvalue weighted by Crippen LogP contribution is -2.21. The van der Waals surface area contributed by atoms with E-state index in [1.54, 1.807) is 19.2 Å². The zero-order chi connectivity index (χ0) is 18.9. The number of nitrogens with one attached hydrogen (secondary N) is 1. The minimum Gasteiger partial charge on any atom is -0.493 e. The minimum absolute atomic E-state index is 0.356. The van der Waals surface area contributed by atoms with Crippen LogP contribution in [0.25, 0.3) is 0 Å². The summed E-state index contributed by atoms with van der Waals surface area (Å²) in [5.74, 6) is 1.40. The third kappa shape index (κ3) is 6.69. The van der Waals surface area contributed by atoms with Crippen LogP contribution in [-0.2, 0) is 13.2 Å². The Morgan fingerprint density at radius 1 is 1.04 bits per heavy atom. The van der Waals surface area contributed by atoms with Gasteiger partial charge in [-0.3, -0.25) is 0 Å². The van der Waals surface area contributed by atoms with E-state index in [1.165, 1.54) is 0 Å². The maximum Gasteiger partial charge on any atom is 0.161 e. The van der Waals surface area contributed by atoms with Gasteiger partial charge in [-0.1, -0.05) is 35.3 Å². The molecule has 142 valence electrons. The standard InChI is InChI=1S/C20H26Cl2N2O2/c1-24(2)10-4-9-23-13-15-5-8-19(20(11-15)25-3)26-14-16-6-7-17(21)12-18(16)22/h5-8,11-12,23H,4,9-10,13-14H2,1-3H3. The maximum absolute atomic E-state index is 6.19. The Labute approximate surface area is 166 Å². The van der Waals surface area contributed by atoms with Crippen molar-refractivity contribution in [1.82, 2.24) is 10.2 Å². The van der Waals surface area contributed by atoms with Crippen LogP contribution in [0.2, 0.25) is 10.0 Å². The summed E-state index contributed by atoms with van der Waals surface area (Å²) < 4.78 is 11.3. The van der Waals surface area contributed by atoms with Crippen molar-refractivity contribution in [2.24, 2.45) is 0 Å². The van der Waals surface area contributed by atoms with Crippen molar-refractivity contribution in [2.75, 3.05) is 34.3 Å². The molecule has 2 rings (SSSR count). The second-order valence-corrected chi connectivity index (χ2v) is 7.19. The summed E-state index contributed by atoms with van der Waals surface area (Å²) in [5.41, 5.74) is 2.04. The summed E-state index contributed by atoms with van der Waals surface area (Å²) in [4.78, 5) is 2.18. The van der Waals surface area contributed by atoms with Gasteiger partial charge in [-0.25, -0.2) is 0 Å². The van der Waals surface area contributed by atoms with E-state index in [0.717, 1.165) is 37.2 Å². The summed E-state index contributed by atoms with van der Waals surface area (Å²) >= 11 is 12.1. The van der Waals surface area contributed by atoms with Crippen molar-refractivity contribution < 1.29 is 9.47 Å². The molecule has 0 aliphatic heterocycles. The van der Waals surface area contributed by atoms with E-state index in [0.29, 0.717) is 28.2 Å². The van der Waals surface area contributed by atoms with Gasteiger partial charge in [-0.05, 0) is 63.4 Å². The van der Waals surface area contributed by atoms with Crippen LogP contribution < -0.4 is 14.8 Å². The summed E-state index contributed by atoms with van der Waals surface area (Å²) in [5, 5.41) is 4.65. The lowest BCUT2D eigenvalue weighted by atomic mass is 10.2. The van der Waals surface area contributed by atoms with Gasteiger partial charge in [0, 0.05) is 22.2 Å². The summed E-state index contributed by atoms with van der Waals surface area (Å²) in [7, 11) is 5.81. The SMILES string of the molecule is COc1cc(CNCCCN(C)C)ccc1OCc1ccc(Cl)cc1Cl. The first-order valence-electron chi connectivity index (χ1n) is 8.58. The Balaban J connectivity index is 1.91. The number of methoxy groups -OCH3 is 1. The van der Waals surface area contributed by atoms with Crippen molar-refractivity contribution in [2.45, 2.75) is 19.6 Å². The van der Waals surface area contributed by atoms with Gasteiger partial charge in [0.05, 0.1) is 7.11 Å². The molecule has 0 aliphatic carbocycles. The molecular weight excluding hydrogens is 371 g/mol. The molecule has 0 amide bonds. The van der Waals surface area contributed by atoms with Crippen LogP contribution in [0.15, 0.2) is 36.4 Å². The van der Waals surface area contributed by atoms with E-state index >= 15 is 0 Å². The van der Waals surface area contributed by atoms with E-state index in [2.05, 4.69) is 24.3 Å². The zero-order valence-corrected chi connectivity index (χ0v) is 17.0. The number of ether oxygens (including phenoxy) is 2. The number of hydrogen-bond acceptors (Lipinski definition) is 4. The summed E-state index contributed by atoms with van der Waals surface area (Å²) in [6.07, 6.45) is 1.12. The van der Waals surface area contributed by atoms with Gasteiger partial charge in [-0.15, -0.1) is 0 Å². The van der Waals surface area contributed by atoms with Crippen molar-refractivity contribution >= 4 is 23.2 Å². The highest BCUT2D eigenvalue weighted by molar-refractivity contribution is 6.35. The Hall–Kier alpha value is -1.46. The van der Waals surface area contributed by atoms with Gasteiger partial charge >= 0.3 is 0 Å². The van der Waals surface area contributed by atoms with Crippen molar-refractivity contribution in [1.29, 1.82) is 0 Å². The van der Waals surface area contributed by atoms with Crippen molar-refractivity contribution in [3.8, 4) is 11.5 Å². The average molecular weight is 397 g/mol. The topological polar surface area (TPSA) is 33.7 Å². The Bertz CT molecular complexity index is 708. The Morgan fingerprint density at radius 3 is 2.54 bits per heavy atom. The number of halogens is 2. The first-order chi connectivity index (χ1) is 12.5. The van der Waals surface area contributed by atoms with Crippen LogP contribution >= 0.6 is 23.2 Å². The predicted molar refractivity (Wildman–Crippen MR) is 109 cm³/mol. The molecule has 0 spiro atoms. The van der Waals surface area contributed by atoms with Crippen molar-refractivity contribution in [3.05, 3.63) is 57.6 Å². The molecule has 0 heterocycles. The van der Waals surface area contributed by atoms with Gasteiger partial charge in [0.1, 0.15) is 6.61 Å². The fraction of sp³-hybridized carbons (Fsp3) is 0.400. The fourth-order valence-corrected chi connectivity index (χ4v) is 2.95. The number of hydrogen-bond donors (Lipinski definition) is 1. The fourth-order valence-electron chi connectivity index (χ4n) is 2.49. The first-order valence-corrected chi connectivity index (χ1v) is 9.34. The summed E-state index contributed by atoms with van der Waals surface area (Å²) in [6.45, 7) is 3.21. The molecule has 1 N–H and O–H groups in total. The van der Waals surface area contributed by atoms with E-state index in [1.807, 2.05) is 24.3 Å².